The maximum atomic E-state index is 9.78. The zero-order chi connectivity index (χ0) is 11.5. The fraction of sp³-hybridized carbons (Fsp3) is 1.00. The number of hydrogen-bond donors (Lipinski definition) is 2. The van der Waals surface area contributed by atoms with E-state index in [9.17, 15) is 5.11 Å². The molecule has 1 saturated carbocycles. The van der Waals surface area contributed by atoms with Crippen LogP contribution in [0.25, 0.3) is 0 Å². The molecule has 0 saturated heterocycles. The van der Waals surface area contributed by atoms with Gasteiger partial charge < -0.3 is 15.2 Å². The molecule has 0 aromatic carbocycles. The lowest BCUT2D eigenvalue weighted by molar-refractivity contribution is 0.0121. The first-order chi connectivity index (χ1) is 6.90. The topological polar surface area (TPSA) is 41.5 Å². The number of ether oxygens (including phenoxy) is 1. The molecule has 3 heteroatoms. The lowest BCUT2D eigenvalue weighted by Gasteiger charge is -2.35. The number of aliphatic hydroxyl groups excluding tert-OH is 1. The summed E-state index contributed by atoms with van der Waals surface area (Å²) in [7, 11) is 1.76. The Labute approximate surface area is 93.2 Å². The van der Waals surface area contributed by atoms with E-state index in [4.69, 9.17) is 4.74 Å². The highest BCUT2D eigenvalue weighted by molar-refractivity contribution is 4.86. The Morgan fingerprint density at radius 3 is 2.47 bits per heavy atom. The van der Waals surface area contributed by atoms with Gasteiger partial charge in [-0.25, -0.2) is 0 Å². The Kier molecular flexibility index (Phi) is 4.56. The van der Waals surface area contributed by atoms with Gasteiger partial charge in [-0.1, -0.05) is 20.8 Å². The van der Waals surface area contributed by atoms with Gasteiger partial charge in [-0.05, 0) is 24.7 Å². The van der Waals surface area contributed by atoms with Crippen LogP contribution in [0.1, 0.15) is 40.0 Å². The molecule has 1 aliphatic carbocycles. The molecule has 0 amide bonds. The van der Waals surface area contributed by atoms with E-state index in [2.05, 4.69) is 26.1 Å². The van der Waals surface area contributed by atoms with Gasteiger partial charge in [0.15, 0.2) is 0 Å². The van der Waals surface area contributed by atoms with E-state index >= 15 is 0 Å². The molecular formula is C12H25NO2. The number of rotatable bonds is 5. The zero-order valence-corrected chi connectivity index (χ0v) is 10.4. The van der Waals surface area contributed by atoms with Gasteiger partial charge >= 0.3 is 0 Å². The number of nitrogens with one attached hydrogen (secondary N) is 1. The Morgan fingerprint density at radius 2 is 2.00 bits per heavy atom. The van der Waals surface area contributed by atoms with Crippen LogP contribution in [0, 0.1) is 5.41 Å². The van der Waals surface area contributed by atoms with E-state index in [0.717, 1.165) is 19.3 Å². The maximum absolute atomic E-state index is 9.78. The van der Waals surface area contributed by atoms with E-state index in [0.29, 0.717) is 18.7 Å². The number of methoxy groups -OCH3 is 1. The highest BCUT2D eigenvalue weighted by atomic mass is 16.5. The van der Waals surface area contributed by atoms with Crippen molar-refractivity contribution in [3.8, 4) is 0 Å². The van der Waals surface area contributed by atoms with Crippen LogP contribution in [0.15, 0.2) is 0 Å². The molecule has 0 aromatic heterocycles. The van der Waals surface area contributed by atoms with Crippen molar-refractivity contribution in [3.63, 3.8) is 0 Å². The second-order valence-electron chi connectivity index (χ2n) is 5.85. The minimum atomic E-state index is -0.230. The smallest absolute Gasteiger partial charge is 0.0669 e. The van der Waals surface area contributed by atoms with Crippen molar-refractivity contribution < 1.29 is 9.84 Å². The van der Waals surface area contributed by atoms with Gasteiger partial charge in [0.1, 0.15) is 0 Å². The second kappa shape index (κ2) is 5.28. The van der Waals surface area contributed by atoms with Crippen molar-refractivity contribution in [1.29, 1.82) is 0 Å². The molecule has 0 radical (unpaired) electrons. The molecule has 1 aliphatic rings. The van der Waals surface area contributed by atoms with E-state index in [1.807, 2.05) is 0 Å². The molecule has 0 bridgehead atoms. The monoisotopic (exact) mass is 215 g/mol. The molecule has 1 fully saturated rings. The van der Waals surface area contributed by atoms with E-state index in [1.165, 1.54) is 0 Å². The quantitative estimate of drug-likeness (QED) is 0.731. The standard InChI is InChI=1S/C12H25NO2/c1-12(2,3)7-10(14)8-13-9-5-11(6-9)15-4/h9-11,13-14H,5-8H2,1-4H3. The summed E-state index contributed by atoms with van der Waals surface area (Å²) in [5.41, 5.74) is 0.204. The Bertz CT molecular complexity index is 183. The highest BCUT2D eigenvalue weighted by Crippen LogP contribution is 2.23. The van der Waals surface area contributed by atoms with E-state index in [1.54, 1.807) is 7.11 Å². The minimum absolute atomic E-state index is 0.204. The molecule has 2 N–H and O–H groups in total. The average molecular weight is 215 g/mol. The molecule has 90 valence electrons. The average Bonchev–Trinajstić information content (AvgIpc) is 1.98. The third-order valence-corrected chi connectivity index (χ3v) is 2.92. The first-order valence-electron chi connectivity index (χ1n) is 5.85. The maximum Gasteiger partial charge on any atom is 0.0669 e. The van der Waals surface area contributed by atoms with E-state index < -0.39 is 0 Å². The van der Waals surface area contributed by atoms with Gasteiger partial charge in [-0.15, -0.1) is 0 Å². The van der Waals surface area contributed by atoms with Crippen molar-refractivity contribution in [3.05, 3.63) is 0 Å². The van der Waals surface area contributed by atoms with Gasteiger partial charge in [0.25, 0.3) is 0 Å². The van der Waals surface area contributed by atoms with Crippen molar-refractivity contribution in [1.82, 2.24) is 5.32 Å². The molecule has 1 rings (SSSR count). The molecule has 1 atom stereocenters. The van der Waals surface area contributed by atoms with Gasteiger partial charge in [0, 0.05) is 19.7 Å². The Hall–Kier alpha value is -0.120. The molecule has 0 aliphatic heterocycles. The lowest BCUT2D eigenvalue weighted by Crippen LogP contribution is -2.47. The highest BCUT2D eigenvalue weighted by Gasteiger charge is 2.29. The van der Waals surface area contributed by atoms with Crippen molar-refractivity contribution in [2.24, 2.45) is 5.41 Å². The van der Waals surface area contributed by atoms with Gasteiger partial charge in [-0.3, -0.25) is 0 Å². The molecule has 0 aromatic rings. The molecular weight excluding hydrogens is 190 g/mol. The first-order valence-corrected chi connectivity index (χ1v) is 5.85. The first kappa shape index (κ1) is 12.9. The molecule has 3 nitrogen and oxygen atoms in total. The molecule has 15 heavy (non-hydrogen) atoms. The summed E-state index contributed by atoms with van der Waals surface area (Å²) in [6.45, 7) is 7.17. The van der Waals surface area contributed by atoms with Gasteiger partial charge in [0.05, 0.1) is 12.2 Å². The minimum Gasteiger partial charge on any atom is -0.392 e. The van der Waals surface area contributed by atoms with Crippen LogP contribution in [0.5, 0.6) is 0 Å². The SMILES string of the molecule is COC1CC(NCC(O)CC(C)(C)C)C1. The van der Waals surface area contributed by atoms with Gasteiger partial charge in [0.2, 0.25) is 0 Å². The summed E-state index contributed by atoms with van der Waals surface area (Å²) in [6.07, 6.45) is 3.21. The summed E-state index contributed by atoms with van der Waals surface area (Å²) in [6, 6.07) is 0.546. The summed E-state index contributed by atoms with van der Waals surface area (Å²) in [5.74, 6) is 0. The predicted octanol–water partition coefficient (Wildman–Crippen LogP) is 1.55. The molecule has 0 heterocycles. The molecule has 0 spiro atoms. The Balaban J connectivity index is 2.06. The van der Waals surface area contributed by atoms with Crippen LogP contribution in [0.2, 0.25) is 0 Å². The summed E-state index contributed by atoms with van der Waals surface area (Å²) in [5, 5.41) is 13.2. The second-order valence-corrected chi connectivity index (χ2v) is 5.85. The fourth-order valence-electron chi connectivity index (χ4n) is 2.01. The largest absolute Gasteiger partial charge is 0.392 e. The van der Waals surface area contributed by atoms with Crippen LogP contribution in [0.3, 0.4) is 0 Å². The fourth-order valence-corrected chi connectivity index (χ4v) is 2.01. The van der Waals surface area contributed by atoms with Crippen LogP contribution >= 0.6 is 0 Å². The normalized spacial score (nSPS) is 28.6. The summed E-state index contributed by atoms with van der Waals surface area (Å²) >= 11 is 0. The zero-order valence-electron chi connectivity index (χ0n) is 10.4. The number of hydrogen-bond acceptors (Lipinski definition) is 3. The van der Waals surface area contributed by atoms with Crippen molar-refractivity contribution in [2.75, 3.05) is 13.7 Å². The Morgan fingerprint density at radius 1 is 1.40 bits per heavy atom. The van der Waals surface area contributed by atoms with Gasteiger partial charge in [-0.2, -0.15) is 0 Å². The third-order valence-electron chi connectivity index (χ3n) is 2.92. The number of aliphatic hydroxyl groups is 1. The van der Waals surface area contributed by atoms with Crippen LogP contribution in [0.4, 0.5) is 0 Å². The summed E-state index contributed by atoms with van der Waals surface area (Å²) < 4.78 is 5.20. The van der Waals surface area contributed by atoms with Crippen molar-refractivity contribution >= 4 is 0 Å². The molecule has 1 unspecified atom stereocenters. The third kappa shape index (κ3) is 4.96. The lowest BCUT2D eigenvalue weighted by atomic mass is 9.87. The van der Waals surface area contributed by atoms with E-state index in [-0.39, 0.29) is 11.5 Å². The summed E-state index contributed by atoms with van der Waals surface area (Å²) in [4.78, 5) is 0. The van der Waals surface area contributed by atoms with Crippen molar-refractivity contribution in [2.45, 2.75) is 58.3 Å². The van der Waals surface area contributed by atoms with Crippen LogP contribution in [-0.4, -0.2) is 37.0 Å². The van der Waals surface area contributed by atoms with Crippen LogP contribution < -0.4 is 5.32 Å². The predicted molar refractivity (Wildman–Crippen MR) is 61.9 cm³/mol. The van der Waals surface area contributed by atoms with Crippen LogP contribution in [-0.2, 0) is 4.74 Å².